The Hall–Kier alpha value is -0.898. The van der Waals surface area contributed by atoms with Crippen LogP contribution < -0.4 is 29.8 Å². The fourth-order valence-corrected chi connectivity index (χ4v) is 3.07. The maximum Gasteiger partial charge on any atom is 1.00 e. The van der Waals surface area contributed by atoms with Crippen LogP contribution in [0.5, 0.6) is 0 Å². The fourth-order valence-electron chi connectivity index (χ4n) is 3.07. The number of rotatable bonds is 4. The van der Waals surface area contributed by atoms with Gasteiger partial charge in [0, 0.05) is 0 Å². The van der Waals surface area contributed by atoms with Crippen molar-refractivity contribution in [2.24, 2.45) is 0 Å². The van der Waals surface area contributed by atoms with Crippen LogP contribution >= 0.6 is 0 Å². The van der Waals surface area contributed by atoms with E-state index in [-0.39, 0.29) is 18.9 Å². The van der Waals surface area contributed by atoms with E-state index in [1.54, 1.807) is 0 Å². The van der Waals surface area contributed by atoms with Crippen LogP contribution in [0, 0.1) is 0 Å². The van der Waals surface area contributed by atoms with Crippen molar-refractivity contribution in [2.75, 3.05) is 0 Å². The molecule has 0 N–H and O–H groups in total. The summed E-state index contributed by atoms with van der Waals surface area (Å²) in [7, 11) is 0. The van der Waals surface area contributed by atoms with Gasteiger partial charge in [0.25, 0.3) is 0 Å². The molecular formula is C16H20BLi. The molecule has 18 heavy (non-hydrogen) atoms. The average Bonchev–Trinajstić information content (AvgIpc) is 2.43. The summed E-state index contributed by atoms with van der Waals surface area (Å²) in [6.45, 7) is 4.62. The van der Waals surface area contributed by atoms with Gasteiger partial charge in [-0.2, -0.15) is 12.6 Å². The Balaban J connectivity index is 0.00000162. The van der Waals surface area contributed by atoms with Gasteiger partial charge in [0.1, 0.15) is 0 Å². The predicted molar refractivity (Wildman–Crippen MR) is 78.9 cm³/mol. The van der Waals surface area contributed by atoms with Gasteiger partial charge in [-0.25, -0.2) is 10.9 Å². The van der Waals surface area contributed by atoms with Gasteiger partial charge in [-0.05, 0) is 0 Å². The van der Waals surface area contributed by atoms with Gasteiger partial charge in [-0.15, -0.1) is 0 Å². The summed E-state index contributed by atoms with van der Waals surface area (Å²) in [5.74, 6) is 0. The van der Waals surface area contributed by atoms with E-state index in [0.29, 0.717) is 0 Å². The summed E-state index contributed by atoms with van der Waals surface area (Å²) in [5, 5.41) is 0. The second kappa shape index (κ2) is 6.88. The molecule has 0 nitrogen and oxygen atoms in total. The predicted octanol–water partition coefficient (Wildman–Crippen LogP) is 0.293. The van der Waals surface area contributed by atoms with Gasteiger partial charge in [0.2, 0.25) is 0 Å². The molecule has 88 valence electrons. The molecule has 2 heteroatoms. The molecule has 0 unspecified atom stereocenters. The van der Waals surface area contributed by atoms with Crippen molar-refractivity contribution in [3.05, 3.63) is 60.7 Å². The SMILES string of the molecule is CC[B-](CC)(c1ccccc1)c1ccccc1.[Li+]. The standard InChI is InChI=1S/C16H20B.Li/c1-3-17(4-2,15-11-7-5-8-12-15)16-13-9-6-10-14-16;/h5-14H,3-4H2,1-2H3;/q-1;+1. The summed E-state index contributed by atoms with van der Waals surface area (Å²) in [5.41, 5.74) is 2.98. The van der Waals surface area contributed by atoms with Gasteiger partial charge in [-0.1, -0.05) is 74.5 Å². The molecule has 2 aromatic rings. The van der Waals surface area contributed by atoms with E-state index >= 15 is 0 Å². The molecule has 0 aliphatic rings. The Labute approximate surface area is 123 Å². The Bertz CT molecular complexity index is 408. The molecular weight excluding hydrogens is 210 g/mol. The molecule has 0 spiro atoms. The summed E-state index contributed by atoms with van der Waals surface area (Å²) in [4.78, 5) is 0. The minimum absolute atomic E-state index is 0. The molecule has 0 saturated heterocycles. The maximum absolute atomic E-state index is 2.31. The maximum atomic E-state index is 2.31. The van der Waals surface area contributed by atoms with Gasteiger partial charge >= 0.3 is 18.9 Å². The van der Waals surface area contributed by atoms with Crippen LogP contribution in [-0.2, 0) is 0 Å². The van der Waals surface area contributed by atoms with Gasteiger partial charge < -0.3 is 0 Å². The zero-order chi connectivity index (χ0) is 12.1. The van der Waals surface area contributed by atoms with E-state index < -0.39 is 6.15 Å². The van der Waals surface area contributed by atoms with Gasteiger partial charge in [0.15, 0.2) is 0 Å². The molecule has 0 heterocycles. The molecule has 0 aromatic heterocycles. The molecule has 0 fully saturated rings. The molecule has 0 bridgehead atoms. The minimum atomic E-state index is -0.580. The number of hydrogen-bond acceptors (Lipinski definition) is 0. The quantitative estimate of drug-likeness (QED) is 0.662. The van der Waals surface area contributed by atoms with Crippen LogP contribution in [0.1, 0.15) is 13.8 Å². The zero-order valence-electron chi connectivity index (χ0n) is 11.8. The summed E-state index contributed by atoms with van der Waals surface area (Å²) < 4.78 is 0. The van der Waals surface area contributed by atoms with E-state index in [1.807, 2.05) is 0 Å². The first-order valence-corrected chi connectivity index (χ1v) is 6.63. The van der Waals surface area contributed by atoms with Crippen LogP contribution in [0.4, 0.5) is 0 Å². The van der Waals surface area contributed by atoms with E-state index in [4.69, 9.17) is 0 Å². The van der Waals surface area contributed by atoms with E-state index in [1.165, 1.54) is 23.6 Å². The van der Waals surface area contributed by atoms with Crippen LogP contribution in [0.3, 0.4) is 0 Å². The fraction of sp³-hybridized carbons (Fsp3) is 0.250. The molecule has 0 aliphatic carbocycles. The molecule has 2 rings (SSSR count). The Morgan fingerprint density at radius 1 is 0.667 bits per heavy atom. The van der Waals surface area contributed by atoms with Crippen LogP contribution in [0.2, 0.25) is 12.6 Å². The van der Waals surface area contributed by atoms with E-state index in [2.05, 4.69) is 74.5 Å². The van der Waals surface area contributed by atoms with Crippen molar-refractivity contribution in [3.63, 3.8) is 0 Å². The number of benzene rings is 2. The summed E-state index contributed by atoms with van der Waals surface area (Å²) in [6.07, 6.45) is 1.82. The van der Waals surface area contributed by atoms with E-state index in [9.17, 15) is 0 Å². The van der Waals surface area contributed by atoms with Gasteiger partial charge in [0.05, 0.1) is 6.15 Å². The third-order valence-electron chi connectivity index (χ3n) is 4.27. The van der Waals surface area contributed by atoms with E-state index in [0.717, 1.165) is 0 Å². The van der Waals surface area contributed by atoms with Gasteiger partial charge in [-0.3, -0.25) is 0 Å². The van der Waals surface area contributed by atoms with Crippen LogP contribution in [-0.4, -0.2) is 6.15 Å². The second-order valence-corrected chi connectivity index (χ2v) is 4.89. The zero-order valence-corrected chi connectivity index (χ0v) is 11.8. The van der Waals surface area contributed by atoms with Crippen molar-refractivity contribution < 1.29 is 18.9 Å². The topological polar surface area (TPSA) is 0 Å². The molecule has 0 saturated carbocycles. The van der Waals surface area contributed by atoms with Crippen molar-refractivity contribution in [1.29, 1.82) is 0 Å². The third-order valence-corrected chi connectivity index (χ3v) is 4.27. The Morgan fingerprint density at radius 2 is 1.00 bits per heavy atom. The Kier molecular flexibility index (Phi) is 5.80. The molecule has 0 radical (unpaired) electrons. The third kappa shape index (κ3) is 2.74. The van der Waals surface area contributed by atoms with Crippen molar-refractivity contribution in [2.45, 2.75) is 26.5 Å². The molecule has 2 aromatic carbocycles. The van der Waals surface area contributed by atoms with Crippen LogP contribution in [0.25, 0.3) is 0 Å². The molecule has 0 aliphatic heterocycles. The van der Waals surface area contributed by atoms with Crippen molar-refractivity contribution >= 4 is 17.1 Å². The first kappa shape index (κ1) is 15.2. The normalized spacial score (nSPS) is 10.8. The summed E-state index contributed by atoms with van der Waals surface area (Å²) >= 11 is 0. The summed E-state index contributed by atoms with van der Waals surface area (Å²) in [6, 6.07) is 21.9. The molecule has 0 atom stereocenters. The number of hydrogen-bond donors (Lipinski definition) is 0. The monoisotopic (exact) mass is 230 g/mol. The molecule has 0 amide bonds. The Morgan fingerprint density at radius 3 is 1.28 bits per heavy atom. The first-order valence-electron chi connectivity index (χ1n) is 6.63. The minimum Gasteiger partial charge on any atom is -0.205 e. The van der Waals surface area contributed by atoms with Crippen molar-refractivity contribution in [1.82, 2.24) is 0 Å². The second-order valence-electron chi connectivity index (χ2n) is 4.89. The van der Waals surface area contributed by atoms with Crippen molar-refractivity contribution in [3.8, 4) is 0 Å². The average molecular weight is 230 g/mol. The smallest absolute Gasteiger partial charge is 0.205 e. The van der Waals surface area contributed by atoms with Crippen LogP contribution in [0.15, 0.2) is 60.7 Å². The largest absolute Gasteiger partial charge is 1.00 e. The first-order chi connectivity index (χ1) is 8.33.